The van der Waals surface area contributed by atoms with Crippen LogP contribution in [0.1, 0.15) is 27.7 Å². The van der Waals surface area contributed by atoms with Gasteiger partial charge in [-0.2, -0.15) is 0 Å². The lowest BCUT2D eigenvalue weighted by Gasteiger charge is -2.05. The van der Waals surface area contributed by atoms with Gasteiger partial charge in [-0.15, -0.1) is 0 Å². The monoisotopic (exact) mass is 379 g/mol. The normalized spacial score (nSPS) is 11.0. The van der Waals surface area contributed by atoms with Crippen LogP contribution in [-0.2, 0) is 13.1 Å². The number of halogens is 1. The molecule has 0 radical (unpaired) electrons. The van der Waals surface area contributed by atoms with Crippen LogP contribution in [0.3, 0.4) is 0 Å². The highest BCUT2D eigenvalue weighted by Gasteiger charge is 2.13. The minimum Gasteiger partial charge on any atom is -0.454 e. The Kier molecular flexibility index (Phi) is 4.69. The summed E-state index contributed by atoms with van der Waals surface area (Å²) in [5.74, 6) is 1.66. The molecule has 0 saturated carbocycles. The Morgan fingerprint density at radius 2 is 1.89 bits per heavy atom. The van der Waals surface area contributed by atoms with E-state index in [-0.39, 0.29) is 5.91 Å². The van der Waals surface area contributed by atoms with Crippen LogP contribution in [0.4, 0.5) is 0 Å². The summed E-state index contributed by atoms with van der Waals surface area (Å²) in [7, 11) is 0. The van der Waals surface area contributed by atoms with E-state index in [4.69, 9.17) is 16.0 Å². The van der Waals surface area contributed by atoms with Gasteiger partial charge >= 0.3 is 0 Å². The zero-order valence-corrected chi connectivity index (χ0v) is 15.5. The molecule has 0 spiro atoms. The van der Waals surface area contributed by atoms with Crippen LogP contribution in [-0.4, -0.2) is 15.5 Å². The van der Waals surface area contributed by atoms with Gasteiger partial charge in [-0.3, -0.25) is 4.79 Å². The number of fused-ring (bicyclic) bond motifs is 1. The molecule has 4 rings (SSSR count). The lowest BCUT2D eigenvalue weighted by atomic mass is 10.2. The van der Waals surface area contributed by atoms with Crippen molar-refractivity contribution in [2.75, 3.05) is 0 Å². The van der Waals surface area contributed by atoms with Crippen LogP contribution in [0.25, 0.3) is 11.0 Å². The fraction of sp³-hybridized carbons (Fsp3) is 0.143. The number of carbonyl (C=O) groups is 1. The molecule has 27 heavy (non-hydrogen) atoms. The van der Waals surface area contributed by atoms with Gasteiger partial charge < -0.3 is 14.3 Å². The van der Waals surface area contributed by atoms with E-state index < -0.39 is 0 Å². The second-order valence-electron chi connectivity index (χ2n) is 6.31. The maximum atomic E-state index is 12.3. The van der Waals surface area contributed by atoms with E-state index in [0.717, 1.165) is 22.4 Å². The minimum atomic E-state index is -0.247. The largest absolute Gasteiger partial charge is 0.454 e. The summed E-state index contributed by atoms with van der Waals surface area (Å²) >= 11 is 5.87. The van der Waals surface area contributed by atoms with E-state index in [1.54, 1.807) is 18.2 Å². The van der Waals surface area contributed by atoms with Crippen LogP contribution in [0.2, 0.25) is 5.02 Å². The molecule has 0 aliphatic carbocycles. The average Bonchev–Trinajstić information content (AvgIpc) is 3.26. The highest BCUT2D eigenvalue weighted by molar-refractivity contribution is 6.30. The summed E-state index contributed by atoms with van der Waals surface area (Å²) in [5, 5.41) is 3.52. The molecule has 5 nitrogen and oxygen atoms in total. The molecular weight excluding hydrogens is 362 g/mol. The number of hydrogen-bond donors (Lipinski definition) is 1. The number of carbonyl (C=O) groups excluding carboxylic acids is 1. The van der Waals surface area contributed by atoms with Gasteiger partial charge in [0, 0.05) is 11.6 Å². The van der Waals surface area contributed by atoms with E-state index >= 15 is 0 Å². The first-order valence-corrected chi connectivity index (χ1v) is 9.01. The second-order valence-corrected chi connectivity index (χ2v) is 6.75. The van der Waals surface area contributed by atoms with Gasteiger partial charge in [0.05, 0.1) is 17.6 Å². The fourth-order valence-corrected chi connectivity index (χ4v) is 3.13. The summed E-state index contributed by atoms with van der Waals surface area (Å²) in [6.07, 6.45) is 0. The molecule has 0 saturated heterocycles. The average molecular weight is 380 g/mol. The molecule has 136 valence electrons. The Morgan fingerprint density at radius 3 is 2.70 bits per heavy atom. The first-order chi connectivity index (χ1) is 13.1. The van der Waals surface area contributed by atoms with Crippen LogP contribution in [0, 0.1) is 6.92 Å². The first-order valence-electron chi connectivity index (χ1n) is 8.63. The van der Waals surface area contributed by atoms with Gasteiger partial charge in [-0.05, 0) is 48.9 Å². The number of furan rings is 1. The Balaban J connectivity index is 1.45. The molecule has 2 heterocycles. The summed E-state index contributed by atoms with van der Waals surface area (Å²) in [6.45, 7) is 2.90. The van der Waals surface area contributed by atoms with Crippen molar-refractivity contribution in [2.24, 2.45) is 0 Å². The van der Waals surface area contributed by atoms with Crippen molar-refractivity contribution in [3.8, 4) is 0 Å². The lowest BCUT2D eigenvalue weighted by Crippen LogP contribution is -2.22. The molecule has 2 aromatic carbocycles. The molecular formula is C21H18ClN3O2. The predicted octanol–water partition coefficient (Wildman–Crippen LogP) is 4.57. The highest BCUT2D eigenvalue weighted by atomic mass is 35.5. The minimum absolute atomic E-state index is 0.247. The standard InChI is InChI=1S/C21H18ClN3O2/c1-14-24-18-4-2-3-5-19(18)25(14)13-17-10-11-20(27-17)21(26)23-12-15-6-8-16(22)9-7-15/h2-11H,12-13H2,1H3,(H,23,26). The third-order valence-electron chi connectivity index (χ3n) is 4.41. The number of aryl methyl sites for hydroxylation is 1. The molecule has 1 N–H and O–H groups in total. The number of aromatic nitrogens is 2. The SMILES string of the molecule is Cc1nc2ccccc2n1Cc1ccc(C(=O)NCc2ccc(Cl)cc2)o1. The third-order valence-corrected chi connectivity index (χ3v) is 4.66. The Bertz CT molecular complexity index is 1100. The number of nitrogens with one attached hydrogen (secondary N) is 1. The van der Waals surface area contributed by atoms with E-state index in [2.05, 4.69) is 14.9 Å². The zero-order chi connectivity index (χ0) is 18.8. The molecule has 6 heteroatoms. The smallest absolute Gasteiger partial charge is 0.287 e. The number of amides is 1. The summed E-state index contributed by atoms with van der Waals surface area (Å²) in [5.41, 5.74) is 2.96. The predicted molar refractivity (Wildman–Crippen MR) is 105 cm³/mol. The van der Waals surface area contributed by atoms with Crippen LogP contribution >= 0.6 is 11.6 Å². The first kappa shape index (κ1) is 17.4. The maximum absolute atomic E-state index is 12.3. The van der Waals surface area contributed by atoms with Crippen molar-refractivity contribution in [3.05, 3.63) is 88.6 Å². The van der Waals surface area contributed by atoms with E-state index in [1.165, 1.54) is 0 Å². The van der Waals surface area contributed by atoms with Crippen molar-refractivity contribution >= 4 is 28.5 Å². The van der Waals surface area contributed by atoms with Gasteiger partial charge in [0.1, 0.15) is 11.6 Å². The highest BCUT2D eigenvalue weighted by Crippen LogP contribution is 2.18. The second kappa shape index (κ2) is 7.29. The summed E-state index contributed by atoms with van der Waals surface area (Å²) < 4.78 is 7.82. The van der Waals surface area contributed by atoms with Gasteiger partial charge in [-0.1, -0.05) is 35.9 Å². The Hall–Kier alpha value is -3.05. The van der Waals surface area contributed by atoms with Gasteiger partial charge in [0.2, 0.25) is 0 Å². The van der Waals surface area contributed by atoms with E-state index in [0.29, 0.717) is 29.6 Å². The van der Waals surface area contributed by atoms with Crippen molar-refractivity contribution in [3.63, 3.8) is 0 Å². The number of rotatable bonds is 5. The quantitative estimate of drug-likeness (QED) is 0.552. The summed E-state index contributed by atoms with van der Waals surface area (Å²) in [6, 6.07) is 18.8. The molecule has 1 amide bonds. The molecule has 0 atom stereocenters. The lowest BCUT2D eigenvalue weighted by molar-refractivity contribution is 0.0921. The van der Waals surface area contributed by atoms with Crippen molar-refractivity contribution < 1.29 is 9.21 Å². The molecule has 2 aromatic heterocycles. The number of imidazole rings is 1. The number of benzene rings is 2. The van der Waals surface area contributed by atoms with Gasteiger partial charge in [0.25, 0.3) is 5.91 Å². The third kappa shape index (κ3) is 3.73. The van der Waals surface area contributed by atoms with Crippen molar-refractivity contribution in [1.29, 1.82) is 0 Å². The van der Waals surface area contributed by atoms with Crippen molar-refractivity contribution in [1.82, 2.24) is 14.9 Å². The number of nitrogens with zero attached hydrogens (tertiary/aromatic N) is 2. The molecule has 0 bridgehead atoms. The molecule has 4 aromatic rings. The van der Waals surface area contributed by atoms with Crippen molar-refractivity contribution in [2.45, 2.75) is 20.0 Å². The van der Waals surface area contributed by atoms with Gasteiger partial charge in [-0.25, -0.2) is 4.98 Å². The molecule has 0 unspecified atom stereocenters. The molecule has 0 aliphatic rings. The number of para-hydroxylation sites is 2. The van der Waals surface area contributed by atoms with Gasteiger partial charge in [0.15, 0.2) is 5.76 Å². The fourth-order valence-electron chi connectivity index (χ4n) is 3.01. The van der Waals surface area contributed by atoms with Crippen LogP contribution in [0.5, 0.6) is 0 Å². The van der Waals surface area contributed by atoms with E-state index in [9.17, 15) is 4.79 Å². The van der Waals surface area contributed by atoms with Crippen LogP contribution < -0.4 is 5.32 Å². The topological polar surface area (TPSA) is 60.1 Å². The molecule has 0 aliphatic heterocycles. The van der Waals surface area contributed by atoms with Crippen LogP contribution in [0.15, 0.2) is 65.1 Å². The Labute approximate surface area is 161 Å². The Morgan fingerprint density at radius 1 is 1.11 bits per heavy atom. The zero-order valence-electron chi connectivity index (χ0n) is 14.8. The van der Waals surface area contributed by atoms with E-state index in [1.807, 2.05) is 49.4 Å². The summed E-state index contributed by atoms with van der Waals surface area (Å²) in [4.78, 5) is 16.9. The molecule has 0 fully saturated rings. The maximum Gasteiger partial charge on any atom is 0.287 e. The number of hydrogen-bond acceptors (Lipinski definition) is 3.